The second-order valence-electron chi connectivity index (χ2n) is 6.36. The lowest BCUT2D eigenvalue weighted by molar-refractivity contribution is -0.194. The molecule has 0 N–H and O–H groups in total. The Hall–Kier alpha value is -1.51. The number of alkyl halides is 3. The van der Waals surface area contributed by atoms with Gasteiger partial charge in [-0.05, 0) is 20.8 Å². The zero-order valence-corrected chi connectivity index (χ0v) is 12.6. The van der Waals surface area contributed by atoms with Crippen LogP contribution < -0.4 is 0 Å². The Morgan fingerprint density at radius 3 is 2.36 bits per heavy atom. The second-order valence-corrected chi connectivity index (χ2v) is 6.36. The number of rotatable bonds is 0. The Morgan fingerprint density at radius 2 is 1.82 bits per heavy atom. The van der Waals surface area contributed by atoms with Crippen molar-refractivity contribution in [1.82, 2.24) is 9.80 Å². The molecule has 2 aliphatic rings. The molecule has 2 amide bonds. The number of ether oxygens (including phenoxy) is 2. The molecule has 0 aliphatic carbocycles. The number of likely N-dealkylation sites (tertiary alicyclic amines) is 1. The number of carbonyl (C=O) groups excluding carboxylic acids is 2. The topological polar surface area (TPSA) is 59.1 Å². The van der Waals surface area contributed by atoms with Crippen molar-refractivity contribution in [3.05, 3.63) is 0 Å². The summed E-state index contributed by atoms with van der Waals surface area (Å²) in [4.78, 5) is 25.5. The highest BCUT2D eigenvalue weighted by Crippen LogP contribution is 2.28. The van der Waals surface area contributed by atoms with Crippen molar-refractivity contribution in [3.63, 3.8) is 0 Å². The Labute approximate surface area is 126 Å². The Kier molecular flexibility index (Phi) is 4.29. The van der Waals surface area contributed by atoms with E-state index in [9.17, 15) is 22.8 Å². The molecule has 22 heavy (non-hydrogen) atoms. The molecule has 0 aromatic carbocycles. The second kappa shape index (κ2) is 5.60. The van der Waals surface area contributed by atoms with Gasteiger partial charge in [-0.15, -0.1) is 0 Å². The monoisotopic (exact) mass is 324 g/mol. The molecule has 2 saturated heterocycles. The first-order chi connectivity index (χ1) is 9.99. The molecule has 2 heterocycles. The molecule has 126 valence electrons. The third kappa shape index (κ3) is 3.63. The lowest BCUT2D eigenvalue weighted by Gasteiger charge is -2.36. The van der Waals surface area contributed by atoms with E-state index in [1.54, 1.807) is 20.8 Å². The van der Waals surface area contributed by atoms with Crippen molar-refractivity contribution in [2.45, 2.75) is 44.7 Å². The minimum atomic E-state index is -4.93. The molecule has 0 bridgehead atoms. The van der Waals surface area contributed by atoms with Gasteiger partial charge in [0.25, 0.3) is 0 Å². The standard InChI is InChI=1S/C13H19F3N2O4/c1-12(2,3)22-11(20)17-6-8-9(7-17)21-5-4-18(8)10(19)13(14,15)16/h8-9H,4-7H2,1-3H3. The number of halogens is 3. The van der Waals surface area contributed by atoms with Crippen LogP contribution in [0.15, 0.2) is 0 Å². The van der Waals surface area contributed by atoms with Crippen LogP contribution in [0.5, 0.6) is 0 Å². The molecule has 2 unspecified atom stereocenters. The number of hydrogen-bond acceptors (Lipinski definition) is 4. The Bertz CT molecular complexity index is 461. The van der Waals surface area contributed by atoms with Gasteiger partial charge in [-0.1, -0.05) is 0 Å². The highest BCUT2D eigenvalue weighted by atomic mass is 19.4. The van der Waals surface area contributed by atoms with Crippen LogP contribution in [0.3, 0.4) is 0 Å². The molecular formula is C13H19F3N2O4. The average molecular weight is 324 g/mol. The van der Waals surface area contributed by atoms with E-state index in [0.29, 0.717) is 0 Å². The van der Waals surface area contributed by atoms with Crippen LogP contribution >= 0.6 is 0 Å². The summed E-state index contributed by atoms with van der Waals surface area (Å²) in [6, 6.07) is -0.796. The lowest BCUT2D eigenvalue weighted by Crippen LogP contribution is -2.56. The summed E-state index contributed by atoms with van der Waals surface area (Å²) in [5.41, 5.74) is -0.701. The predicted molar refractivity (Wildman–Crippen MR) is 69.1 cm³/mol. The van der Waals surface area contributed by atoms with Gasteiger partial charge in [-0.3, -0.25) is 4.79 Å². The summed E-state index contributed by atoms with van der Waals surface area (Å²) in [6.45, 7) is 5.06. The van der Waals surface area contributed by atoms with E-state index in [-0.39, 0.29) is 26.2 Å². The zero-order valence-electron chi connectivity index (χ0n) is 12.6. The molecule has 2 fully saturated rings. The minimum Gasteiger partial charge on any atom is -0.444 e. The third-order valence-electron chi connectivity index (χ3n) is 3.46. The summed E-state index contributed by atoms with van der Waals surface area (Å²) in [7, 11) is 0. The number of fused-ring (bicyclic) bond motifs is 1. The summed E-state index contributed by atoms with van der Waals surface area (Å²) in [5, 5.41) is 0. The van der Waals surface area contributed by atoms with E-state index in [0.717, 1.165) is 4.90 Å². The van der Waals surface area contributed by atoms with E-state index in [2.05, 4.69) is 0 Å². The number of hydrogen-bond donors (Lipinski definition) is 0. The maximum absolute atomic E-state index is 12.6. The normalized spacial score (nSPS) is 25.9. The van der Waals surface area contributed by atoms with Crippen LogP contribution in [-0.2, 0) is 14.3 Å². The van der Waals surface area contributed by atoms with Gasteiger partial charge >= 0.3 is 18.2 Å². The third-order valence-corrected chi connectivity index (χ3v) is 3.46. The highest BCUT2D eigenvalue weighted by molar-refractivity contribution is 5.82. The van der Waals surface area contributed by atoms with E-state index in [1.165, 1.54) is 4.90 Å². The summed E-state index contributed by atoms with van der Waals surface area (Å²) >= 11 is 0. The van der Waals surface area contributed by atoms with E-state index in [1.807, 2.05) is 0 Å². The van der Waals surface area contributed by atoms with Gasteiger partial charge in [0.2, 0.25) is 0 Å². The lowest BCUT2D eigenvalue weighted by atomic mass is 10.1. The molecule has 0 radical (unpaired) electrons. The molecule has 0 spiro atoms. The smallest absolute Gasteiger partial charge is 0.444 e. The summed E-state index contributed by atoms with van der Waals surface area (Å²) < 4.78 is 48.5. The molecule has 2 rings (SSSR count). The molecule has 2 aliphatic heterocycles. The Morgan fingerprint density at radius 1 is 1.18 bits per heavy atom. The predicted octanol–water partition coefficient (Wildman–Crippen LogP) is 1.40. The molecule has 9 heteroatoms. The van der Waals surface area contributed by atoms with Gasteiger partial charge in [0.05, 0.1) is 25.3 Å². The fraction of sp³-hybridized carbons (Fsp3) is 0.846. The van der Waals surface area contributed by atoms with E-state index in [4.69, 9.17) is 9.47 Å². The largest absolute Gasteiger partial charge is 0.471 e. The average Bonchev–Trinajstić information content (AvgIpc) is 2.78. The van der Waals surface area contributed by atoms with Crippen molar-refractivity contribution in [2.24, 2.45) is 0 Å². The zero-order chi connectivity index (χ0) is 16.7. The molecule has 6 nitrogen and oxygen atoms in total. The van der Waals surface area contributed by atoms with Crippen molar-refractivity contribution in [1.29, 1.82) is 0 Å². The maximum Gasteiger partial charge on any atom is 0.471 e. The van der Waals surface area contributed by atoms with Gasteiger partial charge in [0.1, 0.15) is 5.60 Å². The fourth-order valence-electron chi connectivity index (χ4n) is 2.58. The van der Waals surface area contributed by atoms with Gasteiger partial charge in [-0.2, -0.15) is 13.2 Å². The van der Waals surface area contributed by atoms with E-state index >= 15 is 0 Å². The van der Waals surface area contributed by atoms with E-state index < -0.39 is 35.9 Å². The van der Waals surface area contributed by atoms with Crippen molar-refractivity contribution in [3.8, 4) is 0 Å². The van der Waals surface area contributed by atoms with Crippen LogP contribution in [0.4, 0.5) is 18.0 Å². The SMILES string of the molecule is CC(C)(C)OC(=O)N1CC2OCCN(C(=O)C(F)(F)F)C2C1. The van der Waals surface area contributed by atoms with Crippen molar-refractivity contribution < 1.29 is 32.2 Å². The van der Waals surface area contributed by atoms with Gasteiger partial charge < -0.3 is 19.3 Å². The number of amides is 2. The number of morpholine rings is 1. The highest BCUT2D eigenvalue weighted by Gasteiger charge is 2.51. The maximum atomic E-state index is 12.6. The van der Waals surface area contributed by atoms with Crippen LogP contribution in [0, 0.1) is 0 Å². The van der Waals surface area contributed by atoms with Crippen LogP contribution in [0.1, 0.15) is 20.8 Å². The van der Waals surface area contributed by atoms with Crippen molar-refractivity contribution >= 4 is 12.0 Å². The van der Waals surface area contributed by atoms with Crippen LogP contribution in [-0.4, -0.2) is 72.0 Å². The Balaban J connectivity index is 2.07. The molecule has 0 aromatic heterocycles. The molecule has 0 aromatic rings. The van der Waals surface area contributed by atoms with Crippen molar-refractivity contribution in [2.75, 3.05) is 26.2 Å². The minimum absolute atomic E-state index is 0.0190. The molecule has 2 atom stereocenters. The number of carbonyl (C=O) groups is 2. The van der Waals surface area contributed by atoms with Gasteiger partial charge in [0, 0.05) is 13.1 Å². The fourth-order valence-corrected chi connectivity index (χ4v) is 2.58. The molecule has 0 saturated carbocycles. The van der Waals surface area contributed by atoms with Gasteiger partial charge in [0.15, 0.2) is 0 Å². The first-order valence-corrected chi connectivity index (χ1v) is 6.96. The summed E-state index contributed by atoms with van der Waals surface area (Å²) in [6.07, 6.45) is -6.17. The van der Waals surface area contributed by atoms with Gasteiger partial charge in [-0.25, -0.2) is 4.79 Å². The quantitative estimate of drug-likeness (QED) is 0.676. The summed E-state index contributed by atoms with van der Waals surface area (Å²) in [5.74, 6) is -1.89. The first-order valence-electron chi connectivity index (χ1n) is 6.96. The van der Waals surface area contributed by atoms with Crippen LogP contribution in [0.2, 0.25) is 0 Å². The molecular weight excluding hydrogens is 305 g/mol. The first kappa shape index (κ1) is 16.9. The number of nitrogens with zero attached hydrogens (tertiary/aromatic N) is 2. The van der Waals surface area contributed by atoms with Crippen LogP contribution in [0.25, 0.3) is 0 Å².